The molecule has 1 aromatic carbocycles. The minimum absolute atomic E-state index is 0.132. The van der Waals surface area contributed by atoms with Crippen LogP contribution in [0, 0.1) is 0 Å². The number of carbonyl (C=O) groups excluding carboxylic acids is 1. The van der Waals surface area contributed by atoms with Gasteiger partial charge in [0.25, 0.3) is 5.91 Å². The molecular weight excluding hydrogens is 376 g/mol. The quantitative estimate of drug-likeness (QED) is 0.829. The fourth-order valence-electron chi connectivity index (χ4n) is 2.78. The molecule has 8 nitrogen and oxygen atoms in total. The molecule has 140 valence electrons. The van der Waals surface area contributed by atoms with Crippen molar-refractivity contribution in [1.29, 1.82) is 0 Å². The number of anilines is 1. The van der Waals surface area contributed by atoms with Crippen molar-refractivity contribution in [3.8, 4) is 5.75 Å². The second-order valence-corrected chi connectivity index (χ2v) is 9.06. The maximum atomic E-state index is 12.3. The van der Waals surface area contributed by atoms with E-state index in [-0.39, 0.29) is 11.8 Å². The van der Waals surface area contributed by atoms with Crippen molar-refractivity contribution in [3.63, 3.8) is 0 Å². The smallest absolute Gasteiger partial charge is 0.286 e. The molecule has 10 heteroatoms. The van der Waals surface area contributed by atoms with Gasteiger partial charge < -0.3 is 10.1 Å². The van der Waals surface area contributed by atoms with Crippen molar-refractivity contribution in [2.75, 3.05) is 31.8 Å². The number of rotatable bonds is 5. The summed E-state index contributed by atoms with van der Waals surface area (Å²) in [5, 5.41) is 12.0. The number of carbonyl (C=O) groups is 1. The lowest BCUT2D eigenvalue weighted by atomic mass is 9.99. The van der Waals surface area contributed by atoms with Gasteiger partial charge in [-0.15, -0.1) is 10.2 Å². The lowest BCUT2D eigenvalue weighted by Crippen LogP contribution is -2.37. The molecule has 1 saturated heterocycles. The predicted octanol–water partition coefficient (Wildman–Crippen LogP) is 1.94. The Kier molecular flexibility index (Phi) is 5.54. The van der Waals surface area contributed by atoms with Gasteiger partial charge in [0, 0.05) is 24.7 Å². The van der Waals surface area contributed by atoms with Crippen LogP contribution in [-0.4, -0.2) is 55.3 Å². The van der Waals surface area contributed by atoms with Gasteiger partial charge in [0.05, 0.1) is 13.4 Å². The number of hydrogen-bond acceptors (Lipinski definition) is 7. The first-order valence-corrected chi connectivity index (χ1v) is 10.8. The summed E-state index contributed by atoms with van der Waals surface area (Å²) < 4.78 is 29.7. The Morgan fingerprint density at radius 3 is 2.46 bits per heavy atom. The normalized spacial score (nSPS) is 16.4. The molecule has 26 heavy (non-hydrogen) atoms. The lowest BCUT2D eigenvalue weighted by Gasteiger charge is -2.28. The molecule has 3 rings (SSSR count). The van der Waals surface area contributed by atoms with E-state index in [4.69, 9.17) is 4.74 Å². The van der Waals surface area contributed by atoms with E-state index in [9.17, 15) is 13.2 Å². The molecule has 0 unspecified atom stereocenters. The molecule has 1 amide bonds. The van der Waals surface area contributed by atoms with Crippen LogP contribution in [0.25, 0.3) is 0 Å². The standard InChI is InChI=1S/C16H20N4O4S2/c1-24-13-5-3-12(4-6-13)17-14(21)16-19-18-15(25-16)11-7-9-20(10-8-11)26(2,22)23/h3-6,11H,7-10H2,1-2H3,(H,17,21). The second kappa shape index (κ2) is 7.68. The highest BCUT2D eigenvalue weighted by Crippen LogP contribution is 2.31. The van der Waals surface area contributed by atoms with Crippen LogP contribution in [0.15, 0.2) is 24.3 Å². The molecular formula is C16H20N4O4S2. The SMILES string of the molecule is COc1ccc(NC(=O)c2nnc(C3CCN(S(C)(=O)=O)CC3)s2)cc1. The summed E-state index contributed by atoms with van der Waals surface area (Å²) in [4.78, 5) is 12.3. The Bertz CT molecular complexity index is 872. The summed E-state index contributed by atoms with van der Waals surface area (Å²) in [6.45, 7) is 0.937. The fourth-order valence-corrected chi connectivity index (χ4v) is 4.57. The fraction of sp³-hybridized carbons (Fsp3) is 0.438. The van der Waals surface area contributed by atoms with Crippen molar-refractivity contribution in [2.24, 2.45) is 0 Å². The average Bonchev–Trinajstić information content (AvgIpc) is 3.12. The number of hydrogen-bond donors (Lipinski definition) is 1. The zero-order valence-electron chi connectivity index (χ0n) is 14.5. The molecule has 2 aromatic rings. The molecule has 0 aliphatic carbocycles. The van der Waals surface area contributed by atoms with Crippen LogP contribution in [0.1, 0.15) is 33.6 Å². The van der Waals surface area contributed by atoms with Gasteiger partial charge in [-0.1, -0.05) is 11.3 Å². The minimum Gasteiger partial charge on any atom is -0.497 e. The molecule has 0 radical (unpaired) electrons. The van der Waals surface area contributed by atoms with Crippen LogP contribution >= 0.6 is 11.3 Å². The Hall–Kier alpha value is -2.04. The van der Waals surface area contributed by atoms with Crippen molar-refractivity contribution < 1.29 is 17.9 Å². The predicted molar refractivity (Wildman–Crippen MR) is 99.2 cm³/mol. The van der Waals surface area contributed by atoms with Gasteiger partial charge in [0.1, 0.15) is 10.8 Å². The Balaban J connectivity index is 1.61. The first-order valence-electron chi connectivity index (χ1n) is 8.11. The molecule has 0 spiro atoms. The Labute approximate surface area is 156 Å². The van der Waals surface area contributed by atoms with Crippen LogP contribution in [0.3, 0.4) is 0 Å². The molecule has 1 fully saturated rings. The average molecular weight is 396 g/mol. The monoisotopic (exact) mass is 396 g/mol. The van der Waals surface area contributed by atoms with E-state index in [0.29, 0.717) is 42.4 Å². The number of sulfonamides is 1. The molecule has 2 heterocycles. The van der Waals surface area contributed by atoms with E-state index in [2.05, 4.69) is 15.5 Å². The van der Waals surface area contributed by atoms with Crippen molar-refractivity contribution in [2.45, 2.75) is 18.8 Å². The van der Waals surface area contributed by atoms with E-state index in [1.165, 1.54) is 21.9 Å². The number of amides is 1. The Morgan fingerprint density at radius 1 is 1.23 bits per heavy atom. The van der Waals surface area contributed by atoms with Crippen molar-refractivity contribution in [3.05, 3.63) is 34.3 Å². The van der Waals surface area contributed by atoms with Crippen LogP contribution in [0.5, 0.6) is 5.75 Å². The number of benzene rings is 1. The maximum absolute atomic E-state index is 12.3. The molecule has 0 atom stereocenters. The van der Waals surface area contributed by atoms with Crippen LogP contribution in [-0.2, 0) is 10.0 Å². The number of aromatic nitrogens is 2. The van der Waals surface area contributed by atoms with Crippen LogP contribution in [0.2, 0.25) is 0 Å². The van der Waals surface area contributed by atoms with Gasteiger partial charge in [-0.2, -0.15) is 0 Å². The summed E-state index contributed by atoms with van der Waals surface area (Å²) >= 11 is 1.26. The van der Waals surface area contributed by atoms with Crippen LogP contribution < -0.4 is 10.1 Å². The number of nitrogens with zero attached hydrogens (tertiary/aromatic N) is 3. The summed E-state index contributed by atoms with van der Waals surface area (Å²) in [7, 11) is -1.57. The highest BCUT2D eigenvalue weighted by Gasteiger charge is 2.28. The molecule has 0 saturated carbocycles. The van der Waals surface area contributed by atoms with Gasteiger partial charge in [-0.3, -0.25) is 4.79 Å². The van der Waals surface area contributed by atoms with Gasteiger partial charge in [-0.25, -0.2) is 12.7 Å². The number of methoxy groups -OCH3 is 1. The van der Waals surface area contributed by atoms with Crippen molar-refractivity contribution in [1.82, 2.24) is 14.5 Å². The van der Waals surface area contributed by atoms with Gasteiger partial charge >= 0.3 is 0 Å². The maximum Gasteiger partial charge on any atom is 0.286 e. The number of nitrogens with one attached hydrogen (secondary N) is 1. The van der Waals surface area contributed by atoms with E-state index >= 15 is 0 Å². The van der Waals surface area contributed by atoms with E-state index in [1.807, 2.05) is 0 Å². The molecule has 1 aliphatic heterocycles. The third kappa shape index (κ3) is 4.37. The summed E-state index contributed by atoms with van der Waals surface area (Å²) in [5.41, 5.74) is 0.647. The number of ether oxygens (including phenoxy) is 1. The summed E-state index contributed by atoms with van der Waals surface area (Å²) in [5.74, 6) is 0.530. The molecule has 0 bridgehead atoms. The Morgan fingerprint density at radius 2 is 1.88 bits per heavy atom. The van der Waals surface area contributed by atoms with Crippen LogP contribution in [0.4, 0.5) is 5.69 Å². The van der Waals surface area contributed by atoms with E-state index < -0.39 is 10.0 Å². The minimum atomic E-state index is -3.15. The highest BCUT2D eigenvalue weighted by molar-refractivity contribution is 7.88. The summed E-state index contributed by atoms with van der Waals surface area (Å²) in [6, 6.07) is 7.02. The van der Waals surface area contributed by atoms with Gasteiger partial charge in [0.2, 0.25) is 15.0 Å². The largest absolute Gasteiger partial charge is 0.497 e. The van der Waals surface area contributed by atoms with E-state index in [1.54, 1.807) is 31.4 Å². The summed E-state index contributed by atoms with van der Waals surface area (Å²) in [6.07, 6.45) is 2.59. The third-order valence-corrected chi connectivity index (χ3v) is 6.64. The molecule has 1 aromatic heterocycles. The van der Waals surface area contributed by atoms with Gasteiger partial charge in [0.15, 0.2) is 0 Å². The highest BCUT2D eigenvalue weighted by atomic mass is 32.2. The second-order valence-electron chi connectivity index (χ2n) is 6.06. The topological polar surface area (TPSA) is 101 Å². The van der Waals surface area contributed by atoms with Crippen molar-refractivity contribution >= 4 is 33.0 Å². The zero-order valence-corrected chi connectivity index (χ0v) is 16.1. The molecule has 1 N–H and O–H groups in total. The van der Waals surface area contributed by atoms with E-state index in [0.717, 1.165) is 5.01 Å². The lowest BCUT2D eigenvalue weighted by molar-refractivity contribution is 0.102. The third-order valence-electron chi connectivity index (χ3n) is 4.25. The molecule has 1 aliphatic rings. The number of piperidine rings is 1. The first-order chi connectivity index (χ1) is 12.4. The zero-order chi connectivity index (χ0) is 18.7. The van der Waals surface area contributed by atoms with Gasteiger partial charge in [-0.05, 0) is 37.1 Å². The first kappa shape index (κ1) is 18.7.